The molecule has 2 N–H and O–H groups in total. The average molecular weight is 310 g/mol. The number of benzene rings is 1. The fourth-order valence-corrected chi connectivity index (χ4v) is 2.12. The summed E-state index contributed by atoms with van der Waals surface area (Å²) in [5.74, 6) is -0.174. The highest BCUT2D eigenvalue weighted by atomic mass is 35.5. The third-order valence-electron chi connectivity index (χ3n) is 2.82. The van der Waals surface area contributed by atoms with Crippen molar-refractivity contribution in [2.24, 2.45) is 0 Å². The van der Waals surface area contributed by atoms with Crippen molar-refractivity contribution < 1.29 is 4.79 Å². The smallest absolute Gasteiger partial charge is 0.254 e. The molecule has 0 saturated heterocycles. The molecule has 0 spiro atoms. The maximum absolute atomic E-state index is 12.3. The predicted molar refractivity (Wildman–Crippen MR) is 80.9 cm³/mol. The zero-order valence-electron chi connectivity index (χ0n) is 10.8. The molecule has 0 bridgehead atoms. The SMILES string of the molecule is CN(Cc1ccncc1)C(=O)c1cc(N)c(Cl)c(Cl)c1. The number of amides is 1. The molecule has 2 rings (SSSR count). The van der Waals surface area contributed by atoms with Crippen molar-refractivity contribution in [2.45, 2.75) is 6.54 Å². The number of nitrogens with zero attached hydrogens (tertiary/aromatic N) is 2. The van der Waals surface area contributed by atoms with Crippen molar-refractivity contribution in [1.82, 2.24) is 9.88 Å². The second kappa shape index (κ2) is 6.11. The van der Waals surface area contributed by atoms with E-state index in [1.807, 2.05) is 12.1 Å². The molecule has 0 radical (unpaired) electrons. The van der Waals surface area contributed by atoms with Crippen LogP contribution < -0.4 is 5.73 Å². The molecule has 0 unspecified atom stereocenters. The number of halogens is 2. The number of hydrogen-bond donors (Lipinski definition) is 1. The fraction of sp³-hybridized carbons (Fsp3) is 0.143. The van der Waals surface area contributed by atoms with Gasteiger partial charge < -0.3 is 10.6 Å². The van der Waals surface area contributed by atoms with Crippen molar-refractivity contribution in [3.63, 3.8) is 0 Å². The summed E-state index contributed by atoms with van der Waals surface area (Å²) in [6, 6.07) is 6.76. The van der Waals surface area contributed by atoms with Crippen molar-refractivity contribution in [2.75, 3.05) is 12.8 Å². The van der Waals surface area contributed by atoms with E-state index < -0.39 is 0 Å². The van der Waals surface area contributed by atoms with Crippen LogP contribution in [0.25, 0.3) is 0 Å². The number of aromatic nitrogens is 1. The zero-order chi connectivity index (χ0) is 14.7. The fourth-order valence-electron chi connectivity index (χ4n) is 1.79. The molecule has 0 aliphatic carbocycles. The van der Waals surface area contributed by atoms with Gasteiger partial charge in [0, 0.05) is 31.5 Å². The van der Waals surface area contributed by atoms with Gasteiger partial charge in [-0.3, -0.25) is 9.78 Å². The third kappa shape index (κ3) is 3.21. The zero-order valence-corrected chi connectivity index (χ0v) is 12.3. The van der Waals surface area contributed by atoms with E-state index in [0.717, 1.165) is 5.56 Å². The Hall–Kier alpha value is -1.78. The summed E-state index contributed by atoms with van der Waals surface area (Å²) < 4.78 is 0. The lowest BCUT2D eigenvalue weighted by atomic mass is 10.1. The molecule has 0 atom stereocenters. The first kappa shape index (κ1) is 14.6. The number of nitrogen functional groups attached to an aromatic ring is 1. The van der Waals surface area contributed by atoms with E-state index in [2.05, 4.69) is 4.98 Å². The summed E-state index contributed by atoms with van der Waals surface area (Å²) in [6.07, 6.45) is 3.37. The van der Waals surface area contributed by atoms with Crippen LogP contribution in [0.2, 0.25) is 10.0 Å². The number of hydrogen-bond acceptors (Lipinski definition) is 3. The van der Waals surface area contributed by atoms with Crippen LogP contribution in [0.1, 0.15) is 15.9 Å². The Morgan fingerprint density at radius 2 is 1.95 bits per heavy atom. The van der Waals surface area contributed by atoms with E-state index in [1.54, 1.807) is 24.3 Å². The van der Waals surface area contributed by atoms with Crippen LogP contribution in [-0.2, 0) is 6.54 Å². The minimum absolute atomic E-state index is 0.174. The second-order valence-electron chi connectivity index (χ2n) is 4.38. The van der Waals surface area contributed by atoms with Crippen molar-refractivity contribution in [3.05, 3.63) is 57.8 Å². The number of carbonyl (C=O) groups excluding carboxylic acids is 1. The van der Waals surface area contributed by atoms with E-state index in [9.17, 15) is 4.79 Å². The quantitative estimate of drug-likeness (QED) is 0.885. The molecule has 1 aromatic carbocycles. The Balaban J connectivity index is 2.19. The van der Waals surface area contributed by atoms with Crippen LogP contribution >= 0.6 is 23.2 Å². The number of nitrogens with two attached hydrogens (primary N) is 1. The summed E-state index contributed by atoms with van der Waals surface area (Å²) in [4.78, 5) is 17.8. The molecule has 0 fully saturated rings. The average Bonchev–Trinajstić information content (AvgIpc) is 2.44. The normalized spacial score (nSPS) is 10.3. The molecule has 0 aliphatic heterocycles. The van der Waals surface area contributed by atoms with Gasteiger partial charge in [-0.2, -0.15) is 0 Å². The van der Waals surface area contributed by atoms with Gasteiger partial charge in [0.05, 0.1) is 15.7 Å². The maximum atomic E-state index is 12.3. The summed E-state index contributed by atoms with van der Waals surface area (Å²) >= 11 is 11.8. The van der Waals surface area contributed by atoms with Gasteiger partial charge in [0.2, 0.25) is 0 Å². The Kier molecular flexibility index (Phi) is 4.47. The molecule has 20 heavy (non-hydrogen) atoms. The second-order valence-corrected chi connectivity index (χ2v) is 5.16. The van der Waals surface area contributed by atoms with Crippen LogP contribution in [0.3, 0.4) is 0 Å². The molecule has 0 saturated carbocycles. The van der Waals surface area contributed by atoms with Crippen LogP contribution in [0.15, 0.2) is 36.7 Å². The van der Waals surface area contributed by atoms with Gasteiger partial charge in [-0.1, -0.05) is 23.2 Å². The molecule has 1 amide bonds. The summed E-state index contributed by atoms with van der Waals surface area (Å²) in [6.45, 7) is 0.474. The van der Waals surface area contributed by atoms with E-state index in [0.29, 0.717) is 17.8 Å². The molecule has 6 heteroatoms. The van der Waals surface area contributed by atoms with E-state index in [-0.39, 0.29) is 16.0 Å². The Morgan fingerprint density at radius 3 is 2.55 bits per heavy atom. The predicted octanol–water partition coefficient (Wildman–Crippen LogP) is 3.24. The molecule has 104 valence electrons. The summed E-state index contributed by atoms with van der Waals surface area (Å²) in [7, 11) is 1.71. The number of carbonyl (C=O) groups is 1. The van der Waals surface area contributed by atoms with Crippen molar-refractivity contribution in [3.8, 4) is 0 Å². The third-order valence-corrected chi connectivity index (χ3v) is 3.64. The largest absolute Gasteiger partial charge is 0.397 e. The van der Waals surface area contributed by atoms with Crippen molar-refractivity contribution in [1.29, 1.82) is 0 Å². The number of pyridine rings is 1. The topological polar surface area (TPSA) is 59.2 Å². The Bertz CT molecular complexity index is 609. The van der Waals surface area contributed by atoms with Gasteiger partial charge in [0.25, 0.3) is 5.91 Å². The minimum atomic E-state index is -0.174. The Labute approximate surface area is 127 Å². The van der Waals surface area contributed by atoms with Crippen LogP contribution in [0.4, 0.5) is 5.69 Å². The monoisotopic (exact) mass is 309 g/mol. The maximum Gasteiger partial charge on any atom is 0.254 e. The first-order valence-electron chi connectivity index (χ1n) is 5.88. The van der Waals surface area contributed by atoms with E-state index in [4.69, 9.17) is 28.9 Å². The number of rotatable bonds is 3. The lowest BCUT2D eigenvalue weighted by Gasteiger charge is -2.18. The lowest BCUT2D eigenvalue weighted by Crippen LogP contribution is -2.26. The molecule has 1 heterocycles. The first-order valence-corrected chi connectivity index (χ1v) is 6.63. The van der Waals surface area contributed by atoms with Crippen LogP contribution in [0, 0.1) is 0 Å². The minimum Gasteiger partial charge on any atom is -0.397 e. The highest BCUT2D eigenvalue weighted by molar-refractivity contribution is 6.43. The summed E-state index contributed by atoms with van der Waals surface area (Å²) in [5.41, 5.74) is 7.41. The molecular formula is C14H13Cl2N3O. The van der Waals surface area contributed by atoms with Crippen LogP contribution in [-0.4, -0.2) is 22.8 Å². The lowest BCUT2D eigenvalue weighted by molar-refractivity contribution is 0.0785. The van der Waals surface area contributed by atoms with Gasteiger partial charge in [-0.25, -0.2) is 0 Å². The summed E-state index contributed by atoms with van der Waals surface area (Å²) in [5, 5.41) is 0.535. The molecular weight excluding hydrogens is 297 g/mol. The molecule has 0 aliphatic rings. The molecule has 1 aromatic heterocycles. The highest BCUT2D eigenvalue weighted by Crippen LogP contribution is 2.29. The number of anilines is 1. The van der Waals surface area contributed by atoms with Gasteiger partial charge in [-0.05, 0) is 29.8 Å². The van der Waals surface area contributed by atoms with Gasteiger partial charge >= 0.3 is 0 Å². The van der Waals surface area contributed by atoms with E-state index in [1.165, 1.54) is 12.1 Å². The highest BCUT2D eigenvalue weighted by Gasteiger charge is 2.15. The van der Waals surface area contributed by atoms with Crippen LogP contribution in [0.5, 0.6) is 0 Å². The van der Waals surface area contributed by atoms with Gasteiger partial charge in [-0.15, -0.1) is 0 Å². The molecule has 2 aromatic rings. The van der Waals surface area contributed by atoms with Crippen molar-refractivity contribution >= 4 is 34.8 Å². The Morgan fingerprint density at radius 1 is 1.30 bits per heavy atom. The molecule has 4 nitrogen and oxygen atoms in total. The van der Waals surface area contributed by atoms with E-state index >= 15 is 0 Å². The van der Waals surface area contributed by atoms with Gasteiger partial charge in [0.1, 0.15) is 0 Å². The first-order chi connectivity index (χ1) is 9.49. The standard InChI is InChI=1S/C14H13Cl2N3O/c1-19(8-9-2-4-18-5-3-9)14(20)10-6-11(15)13(16)12(17)7-10/h2-7H,8,17H2,1H3. The van der Waals surface area contributed by atoms with Gasteiger partial charge in [0.15, 0.2) is 0 Å².